The standard InChI is InChI=1S/C14H18O4S/c1-10(8-14(15)16)19(17)9-13-12-5-3-2-4-11(12)6-7-18-13/h2-5,10,13H,6-9H2,1H3,(H,15,16). The molecule has 3 atom stereocenters. The Morgan fingerprint density at radius 3 is 3.00 bits per heavy atom. The molecule has 4 nitrogen and oxygen atoms in total. The molecule has 1 aliphatic rings. The average molecular weight is 282 g/mol. The van der Waals surface area contributed by atoms with Crippen LogP contribution in [0.5, 0.6) is 0 Å². The third-order valence-electron chi connectivity index (χ3n) is 3.32. The minimum atomic E-state index is -1.20. The first kappa shape index (κ1) is 14.2. The second-order valence-electron chi connectivity index (χ2n) is 4.76. The van der Waals surface area contributed by atoms with E-state index in [0.717, 1.165) is 12.0 Å². The van der Waals surface area contributed by atoms with Crippen molar-refractivity contribution in [2.45, 2.75) is 31.1 Å². The summed E-state index contributed by atoms with van der Waals surface area (Å²) in [6.45, 7) is 2.34. The number of carbonyl (C=O) groups is 1. The molecule has 1 N–H and O–H groups in total. The second-order valence-corrected chi connectivity index (χ2v) is 6.66. The Balaban J connectivity index is 2.04. The van der Waals surface area contributed by atoms with E-state index in [1.165, 1.54) is 5.56 Å². The molecule has 1 heterocycles. The largest absolute Gasteiger partial charge is 0.481 e. The zero-order valence-corrected chi connectivity index (χ0v) is 11.7. The molecule has 0 aliphatic carbocycles. The van der Waals surface area contributed by atoms with E-state index in [1.54, 1.807) is 6.92 Å². The predicted octanol–water partition coefficient (Wildman–Crippen LogP) is 1.91. The minimum Gasteiger partial charge on any atom is -0.481 e. The van der Waals surface area contributed by atoms with Gasteiger partial charge in [0.1, 0.15) is 0 Å². The van der Waals surface area contributed by atoms with Crippen LogP contribution in [0.4, 0.5) is 0 Å². The summed E-state index contributed by atoms with van der Waals surface area (Å²) in [6.07, 6.45) is 0.632. The zero-order chi connectivity index (χ0) is 13.8. The number of rotatable bonds is 5. The number of fused-ring (bicyclic) bond motifs is 1. The maximum atomic E-state index is 12.1. The highest BCUT2D eigenvalue weighted by Gasteiger charge is 2.25. The third kappa shape index (κ3) is 3.64. The summed E-state index contributed by atoms with van der Waals surface area (Å²) in [5.41, 5.74) is 2.33. The SMILES string of the molecule is CC(CC(=O)O)S(=O)CC1OCCc2ccccc21. The van der Waals surface area contributed by atoms with E-state index in [1.807, 2.05) is 18.2 Å². The van der Waals surface area contributed by atoms with Crippen molar-refractivity contribution in [2.24, 2.45) is 0 Å². The fourth-order valence-corrected chi connectivity index (χ4v) is 3.50. The van der Waals surface area contributed by atoms with Crippen LogP contribution >= 0.6 is 0 Å². The number of hydrogen-bond acceptors (Lipinski definition) is 3. The van der Waals surface area contributed by atoms with Crippen LogP contribution in [0.15, 0.2) is 24.3 Å². The van der Waals surface area contributed by atoms with Crippen molar-refractivity contribution >= 4 is 16.8 Å². The van der Waals surface area contributed by atoms with Gasteiger partial charge in [0, 0.05) is 16.0 Å². The molecular weight excluding hydrogens is 264 g/mol. The quantitative estimate of drug-likeness (QED) is 0.896. The van der Waals surface area contributed by atoms with Crippen LogP contribution in [0.25, 0.3) is 0 Å². The topological polar surface area (TPSA) is 63.6 Å². The van der Waals surface area contributed by atoms with Crippen molar-refractivity contribution in [1.82, 2.24) is 0 Å². The Bertz CT molecular complexity index is 486. The highest BCUT2D eigenvalue weighted by molar-refractivity contribution is 7.85. The number of ether oxygens (including phenoxy) is 1. The van der Waals surface area contributed by atoms with Gasteiger partial charge in [-0.1, -0.05) is 31.2 Å². The molecule has 2 rings (SSSR count). The van der Waals surface area contributed by atoms with Crippen molar-refractivity contribution in [3.8, 4) is 0 Å². The van der Waals surface area contributed by atoms with Crippen LogP contribution in [0.3, 0.4) is 0 Å². The summed E-state index contributed by atoms with van der Waals surface area (Å²) >= 11 is 0. The number of carboxylic acid groups (broad SMARTS) is 1. The van der Waals surface area contributed by atoms with Gasteiger partial charge >= 0.3 is 5.97 Å². The van der Waals surface area contributed by atoms with Gasteiger partial charge in [-0.2, -0.15) is 0 Å². The molecule has 0 bridgehead atoms. The van der Waals surface area contributed by atoms with Crippen molar-refractivity contribution in [3.05, 3.63) is 35.4 Å². The highest BCUT2D eigenvalue weighted by atomic mass is 32.2. The maximum absolute atomic E-state index is 12.1. The summed E-state index contributed by atoms with van der Waals surface area (Å²) in [5.74, 6) is -0.545. The molecule has 0 amide bonds. The maximum Gasteiger partial charge on any atom is 0.304 e. The summed E-state index contributed by atoms with van der Waals surface area (Å²) in [7, 11) is -1.20. The molecular formula is C14H18O4S. The number of hydrogen-bond donors (Lipinski definition) is 1. The summed E-state index contributed by atoms with van der Waals surface area (Å²) in [6, 6.07) is 8.00. The Labute approximate surface area is 115 Å². The van der Waals surface area contributed by atoms with Gasteiger partial charge in [-0.25, -0.2) is 0 Å². The van der Waals surface area contributed by atoms with Gasteiger partial charge in [0.15, 0.2) is 0 Å². The lowest BCUT2D eigenvalue weighted by Gasteiger charge is -2.26. The first-order chi connectivity index (χ1) is 9.08. The molecule has 1 aromatic rings. The van der Waals surface area contributed by atoms with Crippen LogP contribution in [-0.4, -0.2) is 32.9 Å². The van der Waals surface area contributed by atoms with Gasteiger partial charge in [-0.15, -0.1) is 0 Å². The monoisotopic (exact) mass is 282 g/mol. The van der Waals surface area contributed by atoms with Crippen molar-refractivity contribution in [3.63, 3.8) is 0 Å². The van der Waals surface area contributed by atoms with Crippen LogP contribution in [0.1, 0.15) is 30.6 Å². The summed E-state index contributed by atoms with van der Waals surface area (Å²) in [4.78, 5) is 10.6. The van der Waals surface area contributed by atoms with Gasteiger partial charge < -0.3 is 9.84 Å². The van der Waals surface area contributed by atoms with E-state index in [9.17, 15) is 9.00 Å². The molecule has 3 unspecified atom stereocenters. The lowest BCUT2D eigenvalue weighted by atomic mass is 9.99. The Kier molecular flexibility index (Phi) is 4.71. The van der Waals surface area contributed by atoms with E-state index >= 15 is 0 Å². The molecule has 5 heteroatoms. The van der Waals surface area contributed by atoms with Gasteiger partial charge in [-0.3, -0.25) is 9.00 Å². The lowest BCUT2D eigenvalue weighted by Crippen LogP contribution is -2.26. The van der Waals surface area contributed by atoms with Gasteiger partial charge in [-0.05, 0) is 17.5 Å². The van der Waals surface area contributed by atoms with Crippen LogP contribution < -0.4 is 0 Å². The average Bonchev–Trinajstić information content (AvgIpc) is 2.38. The molecule has 0 spiro atoms. The summed E-state index contributed by atoms with van der Waals surface area (Å²) < 4.78 is 17.8. The fourth-order valence-electron chi connectivity index (χ4n) is 2.27. The van der Waals surface area contributed by atoms with E-state index in [0.29, 0.717) is 12.4 Å². The van der Waals surface area contributed by atoms with Crippen molar-refractivity contribution in [2.75, 3.05) is 12.4 Å². The summed E-state index contributed by atoms with van der Waals surface area (Å²) in [5, 5.41) is 8.38. The van der Waals surface area contributed by atoms with E-state index < -0.39 is 16.8 Å². The smallest absolute Gasteiger partial charge is 0.304 e. The van der Waals surface area contributed by atoms with E-state index in [-0.39, 0.29) is 17.8 Å². The zero-order valence-electron chi connectivity index (χ0n) is 10.9. The molecule has 0 radical (unpaired) electrons. The normalized spacial score (nSPS) is 21.4. The molecule has 0 saturated carbocycles. The molecule has 104 valence electrons. The van der Waals surface area contributed by atoms with Crippen LogP contribution in [0, 0.1) is 0 Å². The van der Waals surface area contributed by atoms with Crippen LogP contribution in [0.2, 0.25) is 0 Å². The minimum absolute atomic E-state index is 0.0685. The Morgan fingerprint density at radius 1 is 1.53 bits per heavy atom. The molecule has 0 aromatic heterocycles. The predicted molar refractivity (Wildman–Crippen MR) is 73.6 cm³/mol. The van der Waals surface area contributed by atoms with Crippen molar-refractivity contribution < 1.29 is 18.8 Å². The Morgan fingerprint density at radius 2 is 2.26 bits per heavy atom. The second kappa shape index (κ2) is 6.30. The lowest BCUT2D eigenvalue weighted by molar-refractivity contribution is -0.136. The van der Waals surface area contributed by atoms with E-state index in [4.69, 9.17) is 9.84 Å². The fraction of sp³-hybridized carbons (Fsp3) is 0.500. The van der Waals surface area contributed by atoms with E-state index in [2.05, 4.69) is 6.07 Å². The van der Waals surface area contributed by atoms with Crippen molar-refractivity contribution in [1.29, 1.82) is 0 Å². The Hall–Kier alpha value is -1.20. The first-order valence-corrected chi connectivity index (χ1v) is 7.74. The van der Waals surface area contributed by atoms with Gasteiger partial charge in [0.25, 0.3) is 0 Å². The number of aliphatic carboxylic acids is 1. The molecule has 0 fully saturated rings. The first-order valence-electron chi connectivity index (χ1n) is 6.36. The molecule has 19 heavy (non-hydrogen) atoms. The van der Waals surface area contributed by atoms with Crippen LogP contribution in [-0.2, 0) is 26.8 Å². The molecule has 0 saturated heterocycles. The highest BCUT2D eigenvalue weighted by Crippen LogP contribution is 2.28. The molecule has 1 aliphatic heterocycles. The van der Waals surface area contributed by atoms with Gasteiger partial charge in [0.05, 0.1) is 24.9 Å². The third-order valence-corrected chi connectivity index (χ3v) is 5.01. The van der Waals surface area contributed by atoms with Gasteiger partial charge in [0.2, 0.25) is 0 Å². The molecule has 1 aromatic carbocycles. The number of carboxylic acids is 1. The number of benzene rings is 1.